The fourth-order valence-electron chi connectivity index (χ4n) is 1.21. The van der Waals surface area contributed by atoms with E-state index in [4.69, 9.17) is 0 Å². The molecule has 98 valence electrons. The lowest BCUT2D eigenvalue weighted by Gasteiger charge is -2.05. The molecule has 1 rings (SSSR count). The van der Waals surface area contributed by atoms with Gasteiger partial charge in [-0.1, -0.05) is 13.8 Å². The fourth-order valence-corrected chi connectivity index (χ4v) is 1.21. The highest BCUT2D eigenvalue weighted by Gasteiger charge is 2.18. The van der Waals surface area contributed by atoms with Crippen LogP contribution in [-0.4, -0.2) is 24.0 Å². The van der Waals surface area contributed by atoms with Gasteiger partial charge in [0, 0.05) is 6.07 Å². The zero-order valence-corrected chi connectivity index (χ0v) is 10.7. The number of phenolic OH excluding ortho intramolecular Hbond substituents is 1. The molecule has 0 fully saturated rings. The van der Waals surface area contributed by atoms with Gasteiger partial charge >= 0.3 is 5.97 Å². The standard InChI is InChI=1S/C10H9NO5.C2H6/c1-5(12)6-3-7(10(14)16-2)8(11-15)4-9(6)13;1-2/h3-4,13H,1-2H3;1-2H3. The summed E-state index contributed by atoms with van der Waals surface area (Å²) in [7, 11) is 1.14. The summed E-state index contributed by atoms with van der Waals surface area (Å²) in [6, 6.07) is 2.04. The van der Waals surface area contributed by atoms with Gasteiger partial charge in [0.25, 0.3) is 0 Å². The summed E-state index contributed by atoms with van der Waals surface area (Å²) in [4.78, 5) is 32.8. The minimum absolute atomic E-state index is 0.0622. The third kappa shape index (κ3) is 3.38. The van der Waals surface area contributed by atoms with Crippen LogP contribution in [0.2, 0.25) is 0 Å². The second-order valence-corrected chi connectivity index (χ2v) is 3.03. The minimum Gasteiger partial charge on any atom is -0.507 e. The van der Waals surface area contributed by atoms with Crippen molar-refractivity contribution in [2.24, 2.45) is 5.18 Å². The number of carbonyl (C=O) groups excluding carboxylic acids is 2. The summed E-state index contributed by atoms with van der Waals surface area (Å²) in [5, 5.41) is 12.0. The first-order valence-corrected chi connectivity index (χ1v) is 5.31. The summed E-state index contributed by atoms with van der Waals surface area (Å²) in [5.74, 6) is -1.62. The second kappa shape index (κ2) is 7.16. The van der Waals surface area contributed by atoms with Crippen LogP contribution in [0.15, 0.2) is 17.3 Å². The maximum absolute atomic E-state index is 11.3. The van der Waals surface area contributed by atoms with Crippen molar-refractivity contribution in [3.05, 3.63) is 28.2 Å². The van der Waals surface area contributed by atoms with E-state index in [1.807, 2.05) is 13.8 Å². The number of nitroso groups, excluding NO2 is 1. The van der Waals surface area contributed by atoms with Crippen LogP contribution in [0.4, 0.5) is 5.69 Å². The van der Waals surface area contributed by atoms with E-state index in [1.54, 1.807) is 0 Å². The van der Waals surface area contributed by atoms with E-state index < -0.39 is 17.5 Å². The molecule has 0 radical (unpaired) electrons. The Hall–Kier alpha value is -2.24. The van der Waals surface area contributed by atoms with Crippen molar-refractivity contribution in [3.63, 3.8) is 0 Å². The summed E-state index contributed by atoms with van der Waals surface area (Å²) in [6.07, 6.45) is 0. The number of rotatable bonds is 3. The summed E-state index contributed by atoms with van der Waals surface area (Å²) in [6.45, 7) is 5.23. The highest BCUT2D eigenvalue weighted by Crippen LogP contribution is 2.29. The number of carbonyl (C=O) groups is 2. The normalized spacial score (nSPS) is 8.89. The molecule has 0 unspecified atom stereocenters. The Kier molecular flexibility index (Phi) is 6.27. The van der Waals surface area contributed by atoms with E-state index in [0.29, 0.717) is 0 Å². The van der Waals surface area contributed by atoms with Crippen LogP contribution in [0.3, 0.4) is 0 Å². The Labute approximate surface area is 105 Å². The number of esters is 1. The molecule has 0 aromatic heterocycles. The molecule has 6 nitrogen and oxygen atoms in total. The fraction of sp³-hybridized carbons (Fsp3) is 0.333. The number of methoxy groups -OCH3 is 1. The monoisotopic (exact) mass is 253 g/mol. The van der Waals surface area contributed by atoms with E-state index in [2.05, 4.69) is 9.91 Å². The second-order valence-electron chi connectivity index (χ2n) is 3.03. The molecule has 0 saturated heterocycles. The van der Waals surface area contributed by atoms with E-state index >= 15 is 0 Å². The number of hydrogen-bond acceptors (Lipinski definition) is 6. The molecular formula is C12H15NO5. The van der Waals surface area contributed by atoms with Crippen LogP contribution in [0, 0.1) is 4.91 Å². The smallest absolute Gasteiger partial charge is 0.340 e. The maximum atomic E-state index is 11.3. The Morgan fingerprint density at radius 1 is 1.22 bits per heavy atom. The Bertz CT molecular complexity index is 468. The van der Waals surface area contributed by atoms with Crippen LogP contribution in [0.25, 0.3) is 0 Å². The van der Waals surface area contributed by atoms with Gasteiger partial charge in [-0.05, 0) is 18.2 Å². The maximum Gasteiger partial charge on any atom is 0.340 e. The molecule has 0 spiro atoms. The average molecular weight is 253 g/mol. The number of phenols is 1. The molecule has 0 atom stereocenters. The van der Waals surface area contributed by atoms with E-state index in [9.17, 15) is 19.6 Å². The van der Waals surface area contributed by atoms with Crippen molar-refractivity contribution in [2.75, 3.05) is 7.11 Å². The first-order chi connectivity index (χ1) is 8.51. The van der Waals surface area contributed by atoms with Crippen LogP contribution < -0.4 is 0 Å². The third-order valence-electron chi connectivity index (χ3n) is 2.00. The first-order valence-electron chi connectivity index (χ1n) is 5.31. The van der Waals surface area contributed by atoms with Gasteiger partial charge in [0.15, 0.2) is 5.78 Å². The van der Waals surface area contributed by atoms with Crippen molar-refractivity contribution >= 4 is 17.4 Å². The summed E-state index contributed by atoms with van der Waals surface area (Å²) < 4.78 is 4.42. The van der Waals surface area contributed by atoms with Gasteiger partial charge in [0.1, 0.15) is 11.4 Å². The number of Topliss-reactive ketones (excluding diaryl/α,β-unsaturated/α-hetero) is 1. The number of ketones is 1. The van der Waals surface area contributed by atoms with Crippen LogP contribution in [0.5, 0.6) is 5.75 Å². The molecule has 1 aromatic carbocycles. The average Bonchev–Trinajstić information content (AvgIpc) is 2.39. The molecule has 6 heteroatoms. The topological polar surface area (TPSA) is 93.0 Å². The molecule has 1 N–H and O–H groups in total. The molecule has 0 aliphatic heterocycles. The van der Waals surface area contributed by atoms with Crippen LogP contribution >= 0.6 is 0 Å². The highest BCUT2D eigenvalue weighted by molar-refractivity contribution is 6.02. The summed E-state index contributed by atoms with van der Waals surface area (Å²) in [5.41, 5.74) is -0.484. The third-order valence-corrected chi connectivity index (χ3v) is 2.00. The molecule has 18 heavy (non-hydrogen) atoms. The van der Waals surface area contributed by atoms with Crippen molar-refractivity contribution < 1.29 is 19.4 Å². The predicted octanol–water partition coefficient (Wildman–Crippen LogP) is 2.81. The molecule has 0 saturated carbocycles. The van der Waals surface area contributed by atoms with Crippen molar-refractivity contribution in [1.29, 1.82) is 0 Å². The van der Waals surface area contributed by atoms with E-state index in [0.717, 1.165) is 19.2 Å². The Morgan fingerprint density at radius 2 is 1.78 bits per heavy atom. The molecule has 0 heterocycles. The number of benzene rings is 1. The van der Waals surface area contributed by atoms with Gasteiger partial charge in [-0.2, -0.15) is 0 Å². The number of hydrogen-bond donors (Lipinski definition) is 1. The van der Waals surface area contributed by atoms with Crippen molar-refractivity contribution in [2.45, 2.75) is 20.8 Å². The van der Waals surface area contributed by atoms with Gasteiger partial charge in [-0.3, -0.25) is 4.79 Å². The SMILES string of the molecule is CC.COC(=O)c1cc(C(C)=O)c(O)cc1N=O. The minimum atomic E-state index is -0.794. The molecule has 0 amide bonds. The quantitative estimate of drug-likeness (QED) is 0.508. The molecule has 0 aliphatic rings. The predicted molar refractivity (Wildman–Crippen MR) is 66.3 cm³/mol. The first kappa shape index (κ1) is 15.8. The lowest BCUT2D eigenvalue weighted by Crippen LogP contribution is -2.04. The van der Waals surface area contributed by atoms with Crippen molar-refractivity contribution in [3.8, 4) is 5.75 Å². The Morgan fingerprint density at radius 3 is 2.17 bits per heavy atom. The van der Waals surface area contributed by atoms with Gasteiger partial charge in [0.2, 0.25) is 0 Å². The zero-order chi connectivity index (χ0) is 14.3. The molecule has 0 bridgehead atoms. The lowest BCUT2D eigenvalue weighted by molar-refractivity contribution is 0.0601. The van der Waals surface area contributed by atoms with Gasteiger partial charge in [-0.15, -0.1) is 4.91 Å². The largest absolute Gasteiger partial charge is 0.507 e. The molecule has 0 aliphatic carbocycles. The van der Waals surface area contributed by atoms with Crippen LogP contribution in [0.1, 0.15) is 41.5 Å². The van der Waals surface area contributed by atoms with E-state index in [1.165, 1.54) is 6.92 Å². The van der Waals surface area contributed by atoms with Gasteiger partial charge < -0.3 is 9.84 Å². The molecular weight excluding hydrogens is 238 g/mol. The number of ether oxygens (including phenoxy) is 1. The van der Waals surface area contributed by atoms with E-state index in [-0.39, 0.29) is 16.8 Å². The van der Waals surface area contributed by atoms with Crippen LogP contribution in [-0.2, 0) is 4.74 Å². The highest BCUT2D eigenvalue weighted by atomic mass is 16.5. The lowest BCUT2D eigenvalue weighted by atomic mass is 10.0. The zero-order valence-electron chi connectivity index (χ0n) is 10.7. The van der Waals surface area contributed by atoms with Gasteiger partial charge in [-0.25, -0.2) is 4.79 Å². The van der Waals surface area contributed by atoms with Crippen molar-refractivity contribution in [1.82, 2.24) is 0 Å². The number of nitrogens with zero attached hydrogens (tertiary/aromatic N) is 1. The van der Waals surface area contributed by atoms with Gasteiger partial charge in [0.05, 0.1) is 18.2 Å². The Balaban J connectivity index is 0.00000137. The summed E-state index contributed by atoms with van der Waals surface area (Å²) >= 11 is 0. The molecule has 1 aromatic rings. The number of aromatic hydroxyl groups is 1.